The Kier molecular flexibility index (Phi) is 13.2. The van der Waals surface area contributed by atoms with E-state index < -0.39 is 8.07 Å². The summed E-state index contributed by atoms with van der Waals surface area (Å²) in [4.78, 5) is 9.68. The monoisotopic (exact) mass is 1060 g/mol. The van der Waals surface area contributed by atoms with Crippen LogP contribution in [0.15, 0.2) is 162 Å². The number of nitriles is 1. The molecule has 5 nitrogen and oxygen atoms in total. The summed E-state index contributed by atoms with van der Waals surface area (Å²) in [5, 5.41) is 12.8. The Hall–Kier alpha value is -6.75. The molecule has 0 aliphatic rings. The molecule has 0 aliphatic heterocycles. The van der Waals surface area contributed by atoms with E-state index in [9.17, 15) is 9.65 Å². The van der Waals surface area contributed by atoms with Gasteiger partial charge >= 0.3 is 0 Å². The Labute approximate surface area is 401 Å². The van der Waals surface area contributed by atoms with Crippen LogP contribution in [0.5, 0.6) is 0 Å². The molecule has 3 aromatic heterocycles. The fourth-order valence-electron chi connectivity index (χ4n) is 8.43. The molecule has 329 valence electrons. The van der Waals surface area contributed by atoms with E-state index in [-0.39, 0.29) is 37.8 Å². The van der Waals surface area contributed by atoms with Gasteiger partial charge in [-0.15, -0.1) is 48.0 Å². The maximum atomic E-state index is 12.8. The van der Waals surface area contributed by atoms with Gasteiger partial charge in [-0.1, -0.05) is 143 Å². The van der Waals surface area contributed by atoms with Crippen LogP contribution in [0.4, 0.5) is 4.39 Å². The maximum absolute atomic E-state index is 12.8. The fourth-order valence-corrected chi connectivity index (χ4v) is 9.47. The topological polar surface area (TPSA) is 67.6 Å². The predicted molar refractivity (Wildman–Crippen MR) is 268 cm³/mol. The second kappa shape index (κ2) is 19.0. The van der Waals surface area contributed by atoms with Gasteiger partial charge in [-0.25, -0.2) is 0 Å². The Morgan fingerprint density at radius 2 is 1.36 bits per heavy atom. The molecule has 0 unspecified atom stereocenters. The summed E-state index contributed by atoms with van der Waals surface area (Å²) >= 11 is 0. The van der Waals surface area contributed by atoms with Gasteiger partial charge in [0.1, 0.15) is 5.58 Å². The number of fused-ring (bicyclic) bond motifs is 4. The summed E-state index contributed by atoms with van der Waals surface area (Å²) < 4.78 is 21.6. The molecule has 0 amide bonds. The molecule has 7 aromatic carbocycles. The maximum Gasteiger partial charge on any atom is 0.122 e. The largest absolute Gasteiger partial charge is 0.500 e. The van der Waals surface area contributed by atoms with Crippen molar-refractivity contribution in [1.29, 1.82) is 5.26 Å². The van der Waals surface area contributed by atoms with Crippen molar-refractivity contribution in [2.75, 3.05) is 0 Å². The van der Waals surface area contributed by atoms with Gasteiger partial charge in [0.2, 0.25) is 0 Å². The second-order valence-corrected chi connectivity index (χ2v) is 23.2. The van der Waals surface area contributed by atoms with Crippen molar-refractivity contribution in [2.45, 2.75) is 59.2 Å². The molecule has 0 aliphatic carbocycles. The zero-order chi connectivity index (χ0) is 45.4. The summed E-state index contributed by atoms with van der Waals surface area (Å²) in [6.07, 6.45) is 1.93. The summed E-state index contributed by atoms with van der Waals surface area (Å²) in [7, 11) is -1.30. The normalized spacial score (nSPS) is 11.5. The van der Waals surface area contributed by atoms with Crippen LogP contribution in [0.1, 0.15) is 56.2 Å². The quantitative estimate of drug-likeness (QED) is 0.112. The zero-order valence-corrected chi connectivity index (χ0v) is 41.5. The van der Waals surface area contributed by atoms with Crippen molar-refractivity contribution in [3.63, 3.8) is 0 Å². The van der Waals surface area contributed by atoms with E-state index in [0.29, 0.717) is 16.7 Å². The smallest absolute Gasteiger partial charge is 0.122 e. The average Bonchev–Trinajstić information content (AvgIpc) is 3.90. The SMILES string of the molecule is CC(C)c1cc(-c2ccc(-c3ccccc3)cc2)cc(C(C)C)c1-n1c(-c2[c-]ccc3c2oc2cc(C#N)ccc23)nc2ccccc21.C[Si](C)(C)c1ccc(-c2[c-]cc(F)cc2)nc1.[Ir]. The molecule has 1 radical (unpaired) electrons. The Morgan fingerprint density at radius 3 is 1.98 bits per heavy atom. The minimum absolute atomic E-state index is 0. The zero-order valence-electron chi connectivity index (χ0n) is 38.1. The summed E-state index contributed by atoms with van der Waals surface area (Å²) in [5.74, 6) is 0.994. The van der Waals surface area contributed by atoms with Crippen LogP contribution >= 0.6 is 0 Å². The third-order valence-electron chi connectivity index (χ3n) is 12.0. The van der Waals surface area contributed by atoms with Crippen LogP contribution in [0.3, 0.4) is 0 Å². The number of rotatable bonds is 8. The molecule has 0 saturated heterocycles. The third-order valence-corrected chi connectivity index (χ3v) is 14.0. The first-order valence-corrected chi connectivity index (χ1v) is 25.6. The Bertz CT molecular complexity index is 3330. The van der Waals surface area contributed by atoms with Crippen LogP contribution in [0, 0.1) is 29.3 Å². The number of imidazole rings is 1. The van der Waals surface area contributed by atoms with Crippen LogP contribution in [-0.2, 0) is 20.1 Å². The number of nitrogens with zero attached hydrogens (tertiary/aromatic N) is 4. The molecule has 0 bridgehead atoms. The molecule has 0 fully saturated rings. The molecular weight excluding hydrogens is 1010 g/mol. The summed E-state index contributed by atoms with van der Waals surface area (Å²) in [6, 6.07) is 59.2. The van der Waals surface area contributed by atoms with Crippen molar-refractivity contribution >= 4 is 46.2 Å². The van der Waals surface area contributed by atoms with E-state index in [1.165, 1.54) is 50.7 Å². The van der Waals surface area contributed by atoms with Gasteiger partial charge < -0.3 is 14.0 Å². The van der Waals surface area contributed by atoms with Gasteiger partial charge in [-0.3, -0.25) is 9.37 Å². The van der Waals surface area contributed by atoms with E-state index in [2.05, 4.69) is 166 Å². The number of benzene rings is 7. The van der Waals surface area contributed by atoms with E-state index in [4.69, 9.17) is 9.40 Å². The predicted octanol–water partition coefficient (Wildman–Crippen LogP) is 15.1. The number of hydrogen-bond acceptors (Lipinski definition) is 4. The van der Waals surface area contributed by atoms with E-state index >= 15 is 0 Å². The molecule has 3 heterocycles. The van der Waals surface area contributed by atoms with Crippen molar-refractivity contribution in [2.24, 2.45) is 0 Å². The van der Waals surface area contributed by atoms with Gasteiger partial charge in [-0.05, 0) is 92.5 Å². The molecule has 8 heteroatoms. The Morgan fingerprint density at radius 1 is 0.697 bits per heavy atom. The standard InChI is InChI=1S/C44H34N3O.C14H15FNSi.Ir/c1-27(2)37-24-33(32-20-18-31(19-21-32)30-11-6-5-7-12-30)25-38(28(3)4)42(37)47-40-16-9-8-15-39(40)46-44(47)36-14-10-13-35-34-22-17-29(26-45)23-41(34)48-43(35)36;1-17(2,3)13-8-9-14(16-10-13)11-4-6-12(15)7-5-11;/h5-13,15-25,27-28H,1-4H3;4,6-10H,1-3H3;/q2*-1;. The third kappa shape index (κ3) is 9.08. The van der Waals surface area contributed by atoms with Crippen molar-refractivity contribution in [3.8, 4) is 56.7 Å². The van der Waals surface area contributed by atoms with Crippen LogP contribution in [-0.4, -0.2) is 22.6 Å². The van der Waals surface area contributed by atoms with Gasteiger partial charge in [0.25, 0.3) is 0 Å². The molecule has 0 atom stereocenters. The number of hydrogen-bond donors (Lipinski definition) is 0. The molecule has 66 heavy (non-hydrogen) atoms. The summed E-state index contributed by atoms with van der Waals surface area (Å²) in [6.45, 7) is 15.9. The minimum atomic E-state index is -1.30. The summed E-state index contributed by atoms with van der Waals surface area (Å²) in [5.41, 5.74) is 14.8. The molecule has 0 N–H and O–H groups in total. The van der Waals surface area contributed by atoms with Crippen molar-refractivity contribution in [3.05, 3.63) is 192 Å². The van der Waals surface area contributed by atoms with Gasteiger partial charge in [0.15, 0.2) is 0 Å². The first-order chi connectivity index (χ1) is 31.4. The van der Waals surface area contributed by atoms with E-state index in [0.717, 1.165) is 50.1 Å². The molecule has 0 saturated carbocycles. The fraction of sp³-hybridized carbons (Fsp3) is 0.155. The molecule has 10 aromatic rings. The molecular formula is C58H49FIrN4OSi-2. The molecule has 10 rings (SSSR count). The van der Waals surface area contributed by atoms with Crippen LogP contribution < -0.4 is 5.19 Å². The average molecular weight is 1060 g/mol. The van der Waals surface area contributed by atoms with E-state index in [1.807, 2.05) is 42.6 Å². The van der Waals surface area contributed by atoms with Crippen molar-refractivity contribution in [1.82, 2.24) is 14.5 Å². The van der Waals surface area contributed by atoms with Crippen LogP contribution in [0.2, 0.25) is 19.6 Å². The second-order valence-electron chi connectivity index (χ2n) is 18.1. The van der Waals surface area contributed by atoms with E-state index in [1.54, 1.807) is 12.1 Å². The van der Waals surface area contributed by atoms with Gasteiger partial charge in [-0.2, -0.15) is 5.26 Å². The Balaban J connectivity index is 0.000000278. The number of aromatic nitrogens is 3. The van der Waals surface area contributed by atoms with Crippen LogP contribution in [0.25, 0.3) is 83.6 Å². The minimum Gasteiger partial charge on any atom is -0.500 e. The number of para-hydroxylation sites is 2. The van der Waals surface area contributed by atoms with Gasteiger partial charge in [0, 0.05) is 43.2 Å². The van der Waals surface area contributed by atoms with Crippen molar-refractivity contribution < 1.29 is 28.9 Å². The van der Waals surface area contributed by atoms with Gasteiger partial charge in [0.05, 0.1) is 42.1 Å². The number of furan rings is 1. The first-order valence-electron chi connectivity index (χ1n) is 22.1. The number of pyridine rings is 1. The number of halogens is 1. The first kappa shape index (κ1) is 45.8. The molecule has 0 spiro atoms.